The van der Waals surface area contributed by atoms with Crippen LogP contribution in [0.3, 0.4) is 0 Å². The van der Waals surface area contributed by atoms with Crippen LogP contribution < -0.4 is 10.6 Å². The normalized spacial score (nSPS) is 12.2. The number of aryl methyl sites for hydroxylation is 2. The molecule has 0 atom stereocenters. The third-order valence-electron chi connectivity index (χ3n) is 3.51. The van der Waals surface area contributed by atoms with Gasteiger partial charge in [0, 0.05) is 24.7 Å². The van der Waals surface area contributed by atoms with E-state index >= 15 is 0 Å². The number of nitrogens with zero attached hydrogens (tertiary/aromatic N) is 2. The lowest BCUT2D eigenvalue weighted by Gasteiger charge is -2.11. The number of hydrogen-bond acceptors (Lipinski definition) is 5. The minimum atomic E-state index is -3.16. The molecular formula is C16H22N4O2S2. The number of benzene rings is 1. The van der Waals surface area contributed by atoms with Crippen molar-refractivity contribution in [1.29, 1.82) is 0 Å². The van der Waals surface area contributed by atoms with Crippen molar-refractivity contribution in [3.63, 3.8) is 0 Å². The zero-order chi connectivity index (χ0) is 17.7. The first-order valence-corrected chi connectivity index (χ1v) is 10.2. The lowest BCUT2D eigenvalue weighted by Crippen LogP contribution is -2.36. The van der Waals surface area contributed by atoms with Crippen LogP contribution in [-0.2, 0) is 22.9 Å². The van der Waals surface area contributed by atoms with E-state index in [9.17, 15) is 8.42 Å². The molecular weight excluding hydrogens is 344 g/mol. The standard InChI is InChI=1S/C16H22N4O2S2/c1-11-12(2)23-15(20-11)10-19-16(17-3)18-9-13-5-7-14(8-6-13)24(4,21)22/h5-8H,9-10H2,1-4H3,(H2,17,18,19). The van der Waals surface area contributed by atoms with Crippen LogP contribution in [-0.4, -0.2) is 32.7 Å². The van der Waals surface area contributed by atoms with Gasteiger partial charge in [-0.2, -0.15) is 0 Å². The molecule has 2 aromatic rings. The maximum Gasteiger partial charge on any atom is 0.191 e. The first kappa shape index (κ1) is 18.4. The number of aliphatic imine (C=N–C) groups is 1. The van der Waals surface area contributed by atoms with Crippen molar-refractivity contribution in [3.8, 4) is 0 Å². The van der Waals surface area contributed by atoms with E-state index in [1.165, 1.54) is 11.1 Å². The number of aromatic nitrogens is 1. The molecule has 0 spiro atoms. The van der Waals surface area contributed by atoms with Crippen molar-refractivity contribution in [1.82, 2.24) is 15.6 Å². The van der Waals surface area contributed by atoms with Crippen molar-refractivity contribution in [2.24, 2.45) is 4.99 Å². The Balaban J connectivity index is 1.89. The van der Waals surface area contributed by atoms with E-state index in [1.54, 1.807) is 42.6 Å². The number of hydrogen-bond donors (Lipinski definition) is 2. The maximum atomic E-state index is 11.5. The van der Waals surface area contributed by atoms with Gasteiger partial charge in [-0.3, -0.25) is 4.99 Å². The molecule has 6 nitrogen and oxygen atoms in total. The van der Waals surface area contributed by atoms with E-state index in [0.29, 0.717) is 23.9 Å². The van der Waals surface area contributed by atoms with Crippen molar-refractivity contribution in [3.05, 3.63) is 45.4 Å². The molecule has 0 aliphatic heterocycles. The molecule has 1 aromatic carbocycles. The topological polar surface area (TPSA) is 83.5 Å². The van der Waals surface area contributed by atoms with Gasteiger partial charge in [0.2, 0.25) is 0 Å². The number of guanidine groups is 1. The van der Waals surface area contributed by atoms with Gasteiger partial charge in [0.15, 0.2) is 15.8 Å². The molecule has 1 heterocycles. The summed E-state index contributed by atoms with van der Waals surface area (Å²) in [4.78, 5) is 10.2. The molecule has 24 heavy (non-hydrogen) atoms. The summed E-state index contributed by atoms with van der Waals surface area (Å²) in [6, 6.07) is 6.82. The van der Waals surface area contributed by atoms with Crippen molar-refractivity contribution in [2.45, 2.75) is 31.8 Å². The predicted molar refractivity (Wildman–Crippen MR) is 98.2 cm³/mol. The molecule has 0 fully saturated rings. The van der Waals surface area contributed by atoms with Crippen LogP contribution in [0.1, 0.15) is 21.1 Å². The van der Waals surface area contributed by atoms with Gasteiger partial charge < -0.3 is 10.6 Å². The number of thiazole rings is 1. The van der Waals surface area contributed by atoms with Gasteiger partial charge in [0.25, 0.3) is 0 Å². The minimum absolute atomic E-state index is 0.322. The third-order valence-corrected chi connectivity index (χ3v) is 5.72. The van der Waals surface area contributed by atoms with Crippen LogP contribution in [0.5, 0.6) is 0 Å². The van der Waals surface area contributed by atoms with Gasteiger partial charge in [-0.05, 0) is 31.5 Å². The lowest BCUT2D eigenvalue weighted by molar-refractivity contribution is 0.602. The largest absolute Gasteiger partial charge is 0.352 e. The summed E-state index contributed by atoms with van der Waals surface area (Å²) >= 11 is 1.67. The van der Waals surface area contributed by atoms with Crippen LogP contribution in [0.2, 0.25) is 0 Å². The third kappa shape index (κ3) is 5.04. The monoisotopic (exact) mass is 366 g/mol. The van der Waals surface area contributed by atoms with Gasteiger partial charge in [0.1, 0.15) is 5.01 Å². The summed E-state index contributed by atoms with van der Waals surface area (Å²) in [6.07, 6.45) is 1.20. The quantitative estimate of drug-likeness (QED) is 0.625. The van der Waals surface area contributed by atoms with Crippen molar-refractivity contribution < 1.29 is 8.42 Å². The molecule has 0 aliphatic rings. The van der Waals surface area contributed by atoms with Gasteiger partial charge in [0.05, 0.1) is 17.1 Å². The molecule has 0 amide bonds. The zero-order valence-corrected chi connectivity index (χ0v) is 15.9. The zero-order valence-electron chi connectivity index (χ0n) is 14.3. The molecule has 0 unspecified atom stereocenters. The Morgan fingerprint density at radius 1 is 1.17 bits per heavy atom. The average Bonchev–Trinajstić information content (AvgIpc) is 2.85. The molecule has 0 radical (unpaired) electrons. The van der Waals surface area contributed by atoms with Gasteiger partial charge in [-0.15, -0.1) is 11.3 Å². The first-order valence-electron chi connectivity index (χ1n) is 7.46. The van der Waals surface area contributed by atoms with Crippen LogP contribution >= 0.6 is 11.3 Å². The Labute approximate surface area is 147 Å². The minimum Gasteiger partial charge on any atom is -0.352 e. The van der Waals surface area contributed by atoms with E-state index in [2.05, 4.69) is 27.5 Å². The molecule has 1 aromatic heterocycles. The molecule has 0 saturated carbocycles. The molecule has 0 bridgehead atoms. The number of nitrogens with one attached hydrogen (secondary N) is 2. The summed E-state index contributed by atoms with van der Waals surface area (Å²) < 4.78 is 22.9. The lowest BCUT2D eigenvalue weighted by atomic mass is 10.2. The summed E-state index contributed by atoms with van der Waals surface area (Å²) in [5.74, 6) is 0.674. The smallest absolute Gasteiger partial charge is 0.191 e. The highest BCUT2D eigenvalue weighted by atomic mass is 32.2. The Morgan fingerprint density at radius 3 is 2.29 bits per heavy atom. The van der Waals surface area contributed by atoms with E-state index in [0.717, 1.165) is 16.3 Å². The van der Waals surface area contributed by atoms with E-state index in [1.807, 2.05) is 6.92 Å². The van der Waals surface area contributed by atoms with Crippen LogP contribution in [0.4, 0.5) is 0 Å². The van der Waals surface area contributed by atoms with Crippen LogP contribution in [0, 0.1) is 13.8 Å². The van der Waals surface area contributed by atoms with Gasteiger partial charge >= 0.3 is 0 Å². The molecule has 0 aliphatic carbocycles. The number of rotatable bonds is 5. The maximum absolute atomic E-state index is 11.5. The van der Waals surface area contributed by atoms with E-state index in [-0.39, 0.29) is 0 Å². The Hall–Kier alpha value is -1.93. The summed E-state index contributed by atoms with van der Waals surface area (Å²) in [5, 5.41) is 7.44. The molecule has 0 saturated heterocycles. The highest BCUT2D eigenvalue weighted by Crippen LogP contribution is 2.15. The second-order valence-electron chi connectivity index (χ2n) is 5.44. The second kappa shape index (κ2) is 7.76. The first-order chi connectivity index (χ1) is 11.3. The van der Waals surface area contributed by atoms with E-state index < -0.39 is 9.84 Å². The highest BCUT2D eigenvalue weighted by Gasteiger charge is 2.07. The molecule has 130 valence electrons. The van der Waals surface area contributed by atoms with Crippen LogP contribution in [0.25, 0.3) is 0 Å². The van der Waals surface area contributed by atoms with Crippen molar-refractivity contribution >= 4 is 27.1 Å². The summed E-state index contributed by atoms with van der Waals surface area (Å²) in [6.45, 7) is 5.23. The molecule has 2 N–H and O–H groups in total. The second-order valence-corrected chi connectivity index (χ2v) is 8.75. The molecule has 2 rings (SSSR count). The fourth-order valence-corrected chi connectivity index (χ4v) is 3.54. The summed E-state index contributed by atoms with van der Waals surface area (Å²) in [7, 11) is -1.45. The average molecular weight is 367 g/mol. The predicted octanol–water partition coefficient (Wildman–Crippen LogP) is 2.03. The van der Waals surface area contributed by atoms with Gasteiger partial charge in [-0.25, -0.2) is 13.4 Å². The van der Waals surface area contributed by atoms with Crippen LogP contribution in [0.15, 0.2) is 34.2 Å². The highest BCUT2D eigenvalue weighted by molar-refractivity contribution is 7.90. The number of sulfone groups is 1. The summed E-state index contributed by atoms with van der Waals surface area (Å²) in [5.41, 5.74) is 2.04. The van der Waals surface area contributed by atoms with Gasteiger partial charge in [-0.1, -0.05) is 12.1 Å². The Bertz CT molecular complexity index is 805. The van der Waals surface area contributed by atoms with Crippen molar-refractivity contribution in [2.75, 3.05) is 13.3 Å². The molecule has 8 heteroatoms. The Morgan fingerprint density at radius 2 is 1.79 bits per heavy atom. The Kier molecular flexibility index (Phi) is 5.95. The van der Waals surface area contributed by atoms with E-state index in [4.69, 9.17) is 0 Å². The SMILES string of the molecule is CN=C(NCc1ccc(S(C)(=O)=O)cc1)NCc1nc(C)c(C)s1. The fraction of sp³-hybridized carbons (Fsp3) is 0.375. The fourth-order valence-electron chi connectivity index (χ4n) is 2.04.